The van der Waals surface area contributed by atoms with Crippen molar-refractivity contribution in [1.29, 1.82) is 0 Å². The third kappa shape index (κ3) is 2.84. The average Bonchev–Trinajstić information content (AvgIpc) is 2.85. The molecule has 0 aliphatic heterocycles. The second kappa shape index (κ2) is 7.13. The molecule has 0 bridgehead atoms. The zero-order valence-electron chi connectivity index (χ0n) is 14.1. The van der Waals surface area contributed by atoms with E-state index in [1.807, 2.05) is 0 Å². The quantitative estimate of drug-likeness (QED) is 0.450. The smallest absolute Gasteiger partial charge is 0.00331 e. The van der Waals surface area contributed by atoms with Crippen molar-refractivity contribution >= 4 is 21.9 Å². The maximum atomic E-state index is 2.35. The molecule has 0 unspecified atom stereocenters. The molecule has 0 atom stereocenters. The van der Waals surface area contributed by atoms with Crippen LogP contribution in [0.15, 0.2) is 36.4 Å². The van der Waals surface area contributed by atoms with Gasteiger partial charge in [-0.25, -0.2) is 0 Å². The molecule has 0 spiro atoms. The highest BCUT2D eigenvalue weighted by atomic mass is 14.3. The lowest BCUT2D eigenvalue weighted by atomic mass is 9.95. The summed E-state index contributed by atoms with van der Waals surface area (Å²) < 4.78 is 0. The molecule has 1 aliphatic rings. The Balaban J connectivity index is 1.99. The third-order valence-corrected chi connectivity index (χ3v) is 4.98. The van der Waals surface area contributed by atoms with Crippen LogP contribution in [0.4, 0.5) is 0 Å². The first kappa shape index (κ1) is 15.3. The zero-order valence-corrected chi connectivity index (χ0v) is 14.1. The molecule has 0 fully saturated rings. The van der Waals surface area contributed by atoms with E-state index in [0.29, 0.717) is 0 Å². The Labute approximate surface area is 135 Å². The summed E-state index contributed by atoms with van der Waals surface area (Å²) in [7, 11) is 0. The van der Waals surface area contributed by atoms with Gasteiger partial charge in [-0.05, 0) is 58.7 Å². The van der Waals surface area contributed by atoms with Gasteiger partial charge < -0.3 is 0 Å². The van der Waals surface area contributed by atoms with Gasteiger partial charge in [-0.3, -0.25) is 0 Å². The number of benzene rings is 2. The highest BCUT2D eigenvalue weighted by Gasteiger charge is 2.22. The lowest BCUT2D eigenvalue weighted by Gasteiger charge is -2.10. The lowest BCUT2D eigenvalue weighted by molar-refractivity contribution is 0.727. The number of unbranched alkanes of at least 4 members (excludes halogenated alkanes) is 4. The van der Waals surface area contributed by atoms with Crippen LogP contribution in [0, 0.1) is 0 Å². The Hall–Kier alpha value is -1.56. The largest absolute Gasteiger partial charge is 0.0654 e. The topological polar surface area (TPSA) is 0 Å². The van der Waals surface area contributed by atoms with Gasteiger partial charge in [-0.2, -0.15) is 0 Å². The van der Waals surface area contributed by atoms with Crippen molar-refractivity contribution in [2.75, 3.05) is 0 Å². The standard InChI is InChI=1S/C22H28/c1-3-5-7-13-18-19(14-8-6-4-2)21-16-10-12-17-11-9-15-20(18)22(17)21/h9-12,15-16H,3-8,13-14H2,1-2H3. The molecule has 0 heteroatoms. The van der Waals surface area contributed by atoms with Crippen LogP contribution in [0.3, 0.4) is 0 Å². The number of rotatable bonds is 8. The molecule has 0 saturated heterocycles. The summed E-state index contributed by atoms with van der Waals surface area (Å²) in [6.45, 7) is 4.58. The van der Waals surface area contributed by atoms with Crippen LogP contribution in [0.1, 0.15) is 76.3 Å². The Bertz CT molecular complexity index is 621. The molecule has 116 valence electrons. The zero-order chi connectivity index (χ0) is 15.4. The molecule has 3 rings (SSSR count). The second-order valence-corrected chi connectivity index (χ2v) is 6.58. The van der Waals surface area contributed by atoms with E-state index >= 15 is 0 Å². The molecule has 0 N–H and O–H groups in total. The van der Waals surface area contributed by atoms with E-state index in [1.165, 1.54) is 73.3 Å². The van der Waals surface area contributed by atoms with Crippen molar-refractivity contribution < 1.29 is 0 Å². The van der Waals surface area contributed by atoms with Crippen molar-refractivity contribution in [3.8, 4) is 0 Å². The molecule has 0 radical (unpaired) electrons. The van der Waals surface area contributed by atoms with Crippen molar-refractivity contribution in [2.45, 2.75) is 65.2 Å². The van der Waals surface area contributed by atoms with E-state index < -0.39 is 0 Å². The minimum Gasteiger partial charge on any atom is -0.0654 e. The van der Waals surface area contributed by atoms with Gasteiger partial charge in [0.1, 0.15) is 0 Å². The van der Waals surface area contributed by atoms with Crippen LogP contribution in [-0.4, -0.2) is 0 Å². The van der Waals surface area contributed by atoms with E-state index in [9.17, 15) is 0 Å². The number of hydrogen-bond donors (Lipinski definition) is 0. The summed E-state index contributed by atoms with van der Waals surface area (Å²) in [6.07, 6.45) is 10.5. The fourth-order valence-electron chi connectivity index (χ4n) is 3.84. The maximum absolute atomic E-state index is 2.35. The molecule has 2 aromatic carbocycles. The molecule has 0 nitrogen and oxygen atoms in total. The molecular weight excluding hydrogens is 264 g/mol. The van der Waals surface area contributed by atoms with Crippen molar-refractivity contribution in [1.82, 2.24) is 0 Å². The van der Waals surface area contributed by atoms with Crippen LogP contribution in [0.2, 0.25) is 0 Å². The Kier molecular flexibility index (Phi) is 4.97. The first-order valence-corrected chi connectivity index (χ1v) is 9.11. The minimum atomic E-state index is 1.25. The number of allylic oxidation sites excluding steroid dienone is 2. The van der Waals surface area contributed by atoms with E-state index in [-0.39, 0.29) is 0 Å². The minimum absolute atomic E-state index is 1.25. The van der Waals surface area contributed by atoms with Crippen LogP contribution in [0.5, 0.6) is 0 Å². The molecular formula is C22H28. The average molecular weight is 292 g/mol. The van der Waals surface area contributed by atoms with E-state index in [0.717, 1.165) is 0 Å². The van der Waals surface area contributed by atoms with Gasteiger partial charge in [0.25, 0.3) is 0 Å². The van der Waals surface area contributed by atoms with Crippen LogP contribution < -0.4 is 0 Å². The summed E-state index contributed by atoms with van der Waals surface area (Å²) in [4.78, 5) is 0. The summed E-state index contributed by atoms with van der Waals surface area (Å²) in [5, 5.41) is 2.93. The normalized spacial score (nSPS) is 13.4. The van der Waals surface area contributed by atoms with Gasteiger partial charge in [0, 0.05) is 0 Å². The highest BCUT2D eigenvalue weighted by Crippen LogP contribution is 2.46. The Morgan fingerprint density at radius 3 is 1.59 bits per heavy atom. The Morgan fingerprint density at radius 1 is 0.636 bits per heavy atom. The maximum Gasteiger partial charge on any atom is -0.00331 e. The predicted octanol–water partition coefficient (Wildman–Crippen LogP) is 7.22. The molecule has 1 aliphatic carbocycles. The summed E-state index contributed by atoms with van der Waals surface area (Å²) in [5.41, 5.74) is 6.35. The van der Waals surface area contributed by atoms with Crippen LogP contribution in [-0.2, 0) is 0 Å². The molecule has 22 heavy (non-hydrogen) atoms. The molecule has 0 amide bonds. The second-order valence-electron chi connectivity index (χ2n) is 6.58. The van der Waals surface area contributed by atoms with E-state index in [2.05, 4.69) is 50.2 Å². The monoisotopic (exact) mass is 292 g/mol. The molecule has 0 heterocycles. The van der Waals surface area contributed by atoms with Crippen molar-refractivity contribution in [2.24, 2.45) is 0 Å². The van der Waals surface area contributed by atoms with Gasteiger partial charge >= 0.3 is 0 Å². The van der Waals surface area contributed by atoms with E-state index in [1.54, 1.807) is 11.1 Å². The van der Waals surface area contributed by atoms with Gasteiger partial charge in [0.2, 0.25) is 0 Å². The third-order valence-electron chi connectivity index (χ3n) is 4.98. The van der Waals surface area contributed by atoms with Gasteiger partial charge in [-0.1, -0.05) is 75.9 Å². The van der Waals surface area contributed by atoms with E-state index in [4.69, 9.17) is 0 Å². The van der Waals surface area contributed by atoms with Gasteiger partial charge in [0.05, 0.1) is 0 Å². The molecule has 0 aromatic heterocycles. The fourth-order valence-corrected chi connectivity index (χ4v) is 3.84. The SMILES string of the molecule is CCCCCC1=C(CCCCC)c2cccc3cccc1c23. The predicted molar refractivity (Wildman–Crippen MR) is 99.0 cm³/mol. The fraction of sp³-hybridized carbons (Fsp3) is 0.455. The summed E-state index contributed by atoms with van der Waals surface area (Å²) in [5.74, 6) is 0. The Morgan fingerprint density at radius 2 is 1.14 bits per heavy atom. The van der Waals surface area contributed by atoms with Crippen LogP contribution >= 0.6 is 0 Å². The summed E-state index contributed by atoms with van der Waals surface area (Å²) in [6, 6.07) is 13.7. The van der Waals surface area contributed by atoms with Gasteiger partial charge in [0.15, 0.2) is 0 Å². The number of hydrogen-bond acceptors (Lipinski definition) is 0. The highest BCUT2D eigenvalue weighted by molar-refractivity contribution is 6.13. The van der Waals surface area contributed by atoms with Crippen molar-refractivity contribution in [3.05, 3.63) is 47.5 Å². The molecule has 2 aromatic rings. The first-order chi connectivity index (χ1) is 10.9. The van der Waals surface area contributed by atoms with Crippen molar-refractivity contribution in [3.63, 3.8) is 0 Å². The van der Waals surface area contributed by atoms with Crippen LogP contribution in [0.25, 0.3) is 21.9 Å². The van der Waals surface area contributed by atoms with Gasteiger partial charge in [-0.15, -0.1) is 0 Å². The lowest BCUT2D eigenvalue weighted by Crippen LogP contribution is -1.87. The first-order valence-electron chi connectivity index (χ1n) is 9.11. The molecule has 0 saturated carbocycles. The summed E-state index contributed by atoms with van der Waals surface area (Å²) >= 11 is 0.